The van der Waals surface area contributed by atoms with E-state index >= 15 is 0 Å². The molecule has 0 unspecified atom stereocenters. The van der Waals surface area contributed by atoms with Gasteiger partial charge in [0.05, 0.1) is 41.1 Å². The molecule has 6 heterocycles. The van der Waals surface area contributed by atoms with Crippen LogP contribution in [0.3, 0.4) is 0 Å². The van der Waals surface area contributed by atoms with Crippen LogP contribution in [-0.2, 0) is 4.79 Å². The van der Waals surface area contributed by atoms with Crippen molar-refractivity contribution in [1.29, 1.82) is 0 Å². The fraction of sp³-hybridized carbons (Fsp3) is 0.154. The molecule has 6 aromatic heterocycles. The molecule has 0 spiro atoms. The van der Waals surface area contributed by atoms with Crippen molar-refractivity contribution in [3.63, 3.8) is 0 Å². The molecule has 3 N–H and O–H groups in total. The minimum atomic E-state index is 0.0500. The van der Waals surface area contributed by atoms with Crippen LogP contribution in [0.1, 0.15) is 19.3 Å². The van der Waals surface area contributed by atoms with E-state index in [1.807, 2.05) is 30.3 Å². The average Bonchev–Trinajstić information content (AvgIpc) is 3.61. The van der Waals surface area contributed by atoms with Gasteiger partial charge in [0.15, 0.2) is 17.2 Å². The fourth-order valence-corrected chi connectivity index (χ4v) is 4.47. The second-order valence-corrected chi connectivity index (χ2v) is 8.90. The van der Waals surface area contributed by atoms with Crippen molar-refractivity contribution < 1.29 is 9.21 Å². The van der Waals surface area contributed by atoms with Gasteiger partial charge in [-0.25, -0.2) is 15.0 Å². The summed E-state index contributed by atoms with van der Waals surface area (Å²) in [7, 11) is 0. The monoisotopic (exact) mass is 476 g/mol. The lowest BCUT2D eigenvalue weighted by Crippen LogP contribution is -2.28. The number of imidazole rings is 1. The second kappa shape index (κ2) is 8.12. The number of pyridine rings is 3. The molecule has 1 saturated carbocycles. The van der Waals surface area contributed by atoms with E-state index in [1.54, 1.807) is 31.1 Å². The average molecular weight is 477 g/mol. The Morgan fingerprint density at radius 3 is 2.86 bits per heavy atom. The van der Waals surface area contributed by atoms with E-state index in [0.29, 0.717) is 34.1 Å². The van der Waals surface area contributed by atoms with Crippen LogP contribution in [0.4, 0.5) is 5.69 Å². The maximum absolute atomic E-state index is 12.4. The molecule has 7 rings (SSSR count). The summed E-state index contributed by atoms with van der Waals surface area (Å²) >= 11 is 0. The summed E-state index contributed by atoms with van der Waals surface area (Å²) < 4.78 is 5.25. The van der Waals surface area contributed by atoms with Crippen molar-refractivity contribution in [2.45, 2.75) is 19.3 Å². The molecule has 176 valence electrons. The Labute approximate surface area is 204 Å². The molecule has 10 heteroatoms. The Morgan fingerprint density at radius 1 is 1.08 bits per heavy atom. The number of nitrogens with zero attached hydrogens (tertiary/aromatic N) is 5. The van der Waals surface area contributed by atoms with Gasteiger partial charge in [-0.2, -0.15) is 5.10 Å². The van der Waals surface area contributed by atoms with E-state index in [9.17, 15) is 4.79 Å². The lowest BCUT2D eigenvalue weighted by Gasteiger charge is -2.24. The van der Waals surface area contributed by atoms with Gasteiger partial charge in [-0.3, -0.25) is 14.9 Å². The number of fused-ring (bicyclic) bond motifs is 2. The van der Waals surface area contributed by atoms with Crippen LogP contribution in [0.25, 0.3) is 56.1 Å². The van der Waals surface area contributed by atoms with Gasteiger partial charge < -0.3 is 14.7 Å². The number of nitrogens with one attached hydrogen (secondary N) is 3. The zero-order chi connectivity index (χ0) is 24.1. The van der Waals surface area contributed by atoms with Crippen LogP contribution in [0, 0.1) is 5.92 Å². The van der Waals surface area contributed by atoms with Crippen molar-refractivity contribution in [2.24, 2.45) is 5.92 Å². The highest BCUT2D eigenvalue weighted by molar-refractivity contribution is 5.95. The lowest BCUT2D eigenvalue weighted by molar-refractivity contribution is -0.122. The molecule has 0 aromatic carbocycles. The Bertz CT molecular complexity index is 1730. The summed E-state index contributed by atoms with van der Waals surface area (Å²) in [6.45, 7) is 0. The van der Waals surface area contributed by atoms with Gasteiger partial charge in [-0.05, 0) is 43.2 Å². The number of anilines is 1. The highest BCUT2D eigenvalue weighted by atomic mass is 16.3. The van der Waals surface area contributed by atoms with Crippen molar-refractivity contribution in [2.75, 3.05) is 5.32 Å². The van der Waals surface area contributed by atoms with Gasteiger partial charge in [0.25, 0.3) is 0 Å². The largest absolute Gasteiger partial charge is 0.472 e. The predicted octanol–water partition coefficient (Wildman–Crippen LogP) is 4.96. The first-order valence-electron chi connectivity index (χ1n) is 11.7. The summed E-state index contributed by atoms with van der Waals surface area (Å²) in [6, 6.07) is 9.52. The first-order chi connectivity index (χ1) is 17.7. The first kappa shape index (κ1) is 20.5. The Balaban J connectivity index is 1.26. The number of furan rings is 1. The SMILES string of the molecule is O=C(Nc1cncc(-c2ccc3[nH]nc(-c4nc5nccc(-c6ccoc6)c5[nH]4)c3n2)c1)C1CCC1. The third-order valence-electron chi connectivity index (χ3n) is 6.63. The number of carbonyl (C=O) groups excluding carboxylic acids is 1. The van der Waals surface area contributed by atoms with Gasteiger partial charge in [-0.15, -0.1) is 0 Å². The van der Waals surface area contributed by atoms with E-state index in [2.05, 4.69) is 35.5 Å². The van der Waals surface area contributed by atoms with Crippen LogP contribution in [0.15, 0.2) is 65.9 Å². The van der Waals surface area contributed by atoms with Crippen LogP contribution < -0.4 is 5.32 Å². The minimum absolute atomic E-state index is 0.0500. The molecular weight excluding hydrogens is 456 g/mol. The number of hydrogen-bond donors (Lipinski definition) is 3. The number of H-pyrrole nitrogens is 2. The first-order valence-corrected chi connectivity index (χ1v) is 11.7. The smallest absolute Gasteiger partial charge is 0.227 e. The molecule has 0 radical (unpaired) electrons. The molecule has 1 aliphatic rings. The third-order valence-corrected chi connectivity index (χ3v) is 6.63. The summed E-state index contributed by atoms with van der Waals surface area (Å²) in [6.07, 6.45) is 11.4. The Hall–Kier alpha value is -4.86. The van der Waals surface area contributed by atoms with E-state index in [-0.39, 0.29) is 11.8 Å². The van der Waals surface area contributed by atoms with Crippen molar-refractivity contribution in [1.82, 2.24) is 35.1 Å². The molecule has 1 amide bonds. The molecule has 0 aliphatic heterocycles. The summed E-state index contributed by atoms with van der Waals surface area (Å²) in [5.74, 6) is 0.710. The highest BCUT2D eigenvalue weighted by Crippen LogP contribution is 2.32. The van der Waals surface area contributed by atoms with Gasteiger partial charge in [0.1, 0.15) is 5.52 Å². The Kier molecular flexibility index (Phi) is 4.63. The molecule has 0 bridgehead atoms. The number of amides is 1. The molecule has 10 nitrogen and oxygen atoms in total. The molecule has 0 atom stereocenters. The van der Waals surface area contributed by atoms with Gasteiger partial charge >= 0.3 is 0 Å². The topological polar surface area (TPSA) is 138 Å². The fourth-order valence-electron chi connectivity index (χ4n) is 4.47. The zero-order valence-corrected chi connectivity index (χ0v) is 19.0. The summed E-state index contributed by atoms with van der Waals surface area (Å²) in [4.78, 5) is 34.0. The molecular formula is C26H20N8O2. The number of hydrogen-bond acceptors (Lipinski definition) is 7. The van der Waals surface area contributed by atoms with Crippen LogP contribution >= 0.6 is 0 Å². The van der Waals surface area contributed by atoms with Crippen LogP contribution in [0.2, 0.25) is 0 Å². The number of rotatable bonds is 5. The molecule has 36 heavy (non-hydrogen) atoms. The van der Waals surface area contributed by atoms with Crippen molar-refractivity contribution in [3.05, 3.63) is 61.4 Å². The lowest BCUT2D eigenvalue weighted by atomic mass is 9.85. The molecule has 6 aromatic rings. The van der Waals surface area contributed by atoms with Crippen LogP contribution in [0.5, 0.6) is 0 Å². The van der Waals surface area contributed by atoms with Gasteiger partial charge in [-0.1, -0.05) is 6.42 Å². The van der Waals surface area contributed by atoms with E-state index in [4.69, 9.17) is 9.40 Å². The van der Waals surface area contributed by atoms with Crippen molar-refractivity contribution in [3.8, 4) is 33.9 Å². The van der Waals surface area contributed by atoms with E-state index in [1.165, 1.54) is 0 Å². The van der Waals surface area contributed by atoms with Crippen molar-refractivity contribution >= 4 is 33.8 Å². The van der Waals surface area contributed by atoms with Gasteiger partial charge in [0.2, 0.25) is 5.91 Å². The number of aromatic amines is 2. The van der Waals surface area contributed by atoms with Gasteiger partial charge in [0, 0.05) is 35.0 Å². The maximum Gasteiger partial charge on any atom is 0.227 e. The Morgan fingerprint density at radius 2 is 2.03 bits per heavy atom. The predicted molar refractivity (Wildman–Crippen MR) is 134 cm³/mol. The maximum atomic E-state index is 12.4. The third kappa shape index (κ3) is 3.42. The quantitative estimate of drug-likeness (QED) is 0.320. The van der Waals surface area contributed by atoms with E-state index in [0.717, 1.165) is 47.0 Å². The molecule has 1 aliphatic carbocycles. The minimum Gasteiger partial charge on any atom is -0.472 e. The molecule has 0 saturated heterocycles. The normalized spacial score (nSPS) is 13.8. The number of carbonyl (C=O) groups is 1. The second-order valence-electron chi connectivity index (χ2n) is 8.90. The molecule has 1 fully saturated rings. The summed E-state index contributed by atoms with van der Waals surface area (Å²) in [5.41, 5.74) is 7.44. The van der Waals surface area contributed by atoms with E-state index < -0.39 is 0 Å². The number of aromatic nitrogens is 7. The van der Waals surface area contributed by atoms with Crippen LogP contribution in [-0.4, -0.2) is 41.0 Å². The standard InChI is InChI=1S/C26H20N8O2/c35-26(14-2-1-3-14)29-17-10-16(11-27-12-17)19-4-5-20-22(30-19)23(34-33-20)25-31-21-18(15-7-9-36-13-15)6-8-28-24(21)32-25/h4-14H,1-3H2,(H,29,35)(H,33,34)(H,28,31,32). The summed E-state index contributed by atoms with van der Waals surface area (Å²) in [5, 5.41) is 10.5. The highest BCUT2D eigenvalue weighted by Gasteiger charge is 2.25. The zero-order valence-electron chi connectivity index (χ0n) is 19.0.